The average Bonchev–Trinajstić information content (AvgIpc) is 3.60. The predicted molar refractivity (Wildman–Crippen MR) is 233 cm³/mol. The Kier molecular flexibility index (Phi) is 7.27. The van der Waals surface area contributed by atoms with Crippen molar-refractivity contribution in [3.63, 3.8) is 0 Å². The van der Waals surface area contributed by atoms with E-state index < -0.39 is 0 Å². The minimum absolute atomic E-state index is 0.653. The SMILES string of the molecule is N#Cc1ccc(-c2ccc3c4c(ccc(-c5c6ccccc6c(-c6cc(-c7ccccc7)cc(-c7ccccc7)n6)c6ccccc56)c24)-c2ccccc2-3)cc1. The van der Waals surface area contributed by atoms with Gasteiger partial charge in [0.25, 0.3) is 0 Å². The van der Waals surface area contributed by atoms with Gasteiger partial charge in [0.2, 0.25) is 0 Å². The Morgan fingerprint density at radius 3 is 1.38 bits per heavy atom. The number of aromatic nitrogens is 1. The largest absolute Gasteiger partial charge is 0.248 e. The second-order valence-electron chi connectivity index (χ2n) is 14.5. The lowest BCUT2D eigenvalue weighted by molar-refractivity contribution is 1.33. The number of nitriles is 1. The van der Waals surface area contributed by atoms with Crippen LogP contribution in [0.5, 0.6) is 0 Å². The molecule has 2 nitrogen and oxygen atoms in total. The van der Waals surface area contributed by atoms with E-state index in [4.69, 9.17) is 4.98 Å². The van der Waals surface area contributed by atoms with Crippen molar-refractivity contribution >= 4 is 32.3 Å². The van der Waals surface area contributed by atoms with E-state index in [0.717, 1.165) is 55.5 Å². The van der Waals surface area contributed by atoms with Gasteiger partial charge in [-0.25, -0.2) is 4.98 Å². The molecule has 0 aliphatic heterocycles. The normalized spacial score (nSPS) is 11.6. The van der Waals surface area contributed by atoms with Crippen molar-refractivity contribution in [3.8, 4) is 84.2 Å². The molecule has 0 spiro atoms. The highest BCUT2D eigenvalue weighted by molar-refractivity contribution is 6.28. The topological polar surface area (TPSA) is 36.7 Å². The first kappa shape index (κ1) is 31.9. The molecule has 0 atom stereocenters. The van der Waals surface area contributed by atoms with Gasteiger partial charge in [0, 0.05) is 11.1 Å². The molecule has 0 saturated heterocycles. The Labute approximate surface area is 325 Å². The Morgan fingerprint density at radius 1 is 0.321 bits per heavy atom. The molecule has 10 aromatic rings. The van der Waals surface area contributed by atoms with Crippen LogP contribution in [0.4, 0.5) is 0 Å². The molecule has 2 heteroatoms. The molecule has 258 valence electrons. The quantitative estimate of drug-likeness (QED) is 0.167. The van der Waals surface area contributed by atoms with Gasteiger partial charge >= 0.3 is 0 Å². The molecule has 0 N–H and O–H groups in total. The third-order valence-corrected chi connectivity index (χ3v) is 11.5. The van der Waals surface area contributed by atoms with Gasteiger partial charge in [0.15, 0.2) is 0 Å². The van der Waals surface area contributed by atoms with E-state index in [1.54, 1.807) is 0 Å². The molecule has 1 aliphatic rings. The molecule has 0 fully saturated rings. The summed E-state index contributed by atoms with van der Waals surface area (Å²) in [6.45, 7) is 0. The summed E-state index contributed by atoms with van der Waals surface area (Å²) < 4.78 is 0. The fourth-order valence-corrected chi connectivity index (χ4v) is 8.98. The van der Waals surface area contributed by atoms with Crippen molar-refractivity contribution in [1.29, 1.82) is 5.26 Å². The van der Waals surface area contributed by atoms with Crippen LogP contribution in [0.3, 0.4) is 0 Å². The van der Waals surface area contributed by atoms with Crippen LogP contribution in [0.1, 0.15) is 5.56 Å². The number of rotatable bonds is 5. The minimum Gasteiger partial charge on any atom is -0.248 e. The van der Waals surface area contributed by atoms with Crippen LogP contribution >= 0.6 is 0 Å². The summed E-state index contributed by atoms with van der Waals surface area (Å²) in [5.74, 6) is 0. The van der Waals surface area contributed by atoms with Crippen LogP contribution in [0.2, 0.25) is 0 Å². The van der Waals surface area contributed by atoms with Crippen LogP contribution in [0, 0.1) is 11.3 Å². The van der Waals surface area contributed by atoms with Gasteiger partial charge in [-0.3, -0.25) is 0 Å². The van der Waals surface area contributed by atoms with Gasteiger partial charge in [-0.1, -0.05) is 170 Å². The average molecular weight is 709 g/mol. The lowest BCUT2D eigenvalue weighted by Crippen LogP contribution is -1.96. The van der Waals surface area contributed by atoms with Gasteiger partial charge in [0.1, 0.15) is 0 Å². The maximum atomic E-state index is 9.64. The van der Waals surface area contributed by atoms with E-state index in [9.17, 15) is 5.26 Å². The first-order valence-electron chi connectivity index (χ1n) is 19.0. The smallest absolute Gasteiger partial charge is 0.0991 e. The minimum atomic E-state index is 0.653. The Balaban J connectivity index is 1.25. The molecular formula is C54H32N2. The number of nitrogens with zero attached hydrogens (tertiary/aromatic N) is 2. The molecular weight excluding hydrogens is 677 g/mol. The summed E-state index contributed by atoms with van der Waals surface area (Å²) in [4.78, 5) is 5.45. The predicted octanol–water partition coefficient (Wildman–Crippen LogP) is 14.4. The molecule has 1 aliphatic carbocycles. The highest BCUT2D eigenvalue weighted by atomic mass is 14.7. The lowest BCUT2D eigenvalue weighted by atomic mass is 9.83. The fraction of sp³-hybridized carbons (Fsp3) is 0. The number of hydrogen-bond acceptors (Lipinski definition) is 2. The van der Waals surface area contributed by atoms with Gasteiger partial charge < -0.3 is 0 Å². The molecule has 0 radical (unpaired) electrons. The van der Waals surface area contributed by atoms with Crippen LogP contribution in [-0.4, -0.2) is 4.98 Å². The molecule has 9 aromatic carbocycles. The first-order chi connectivity index (χ1) is 27.7. The van der Waals surface area contributed by atoms with Gasteiger partial charge in [-0.2, -0.15) is 5.26 Å². The third-order valence-electron chi connectivity index (χ3n) is 11.5. The second kappa shape index (κ2) is 12.8. The Hall–Kier alpha value is -7.60. The van der Waals surface area contributed by atoms with Crippen molar-refractivity contribution in [3.05, 3.63) is 200 Å². The zero-order valence-corrected chi connectivity index (χ0v) is 30.4. The number of hydrogen-bond donors (Lipinski definition) is 0. The standard InChI is InChI=1S/C54H32N2/c55-33-34-23-25-36(26-24-34)39-27-28-46-40-17-7-8-18-41(40)47-29-30-48(53(39)54(46)47)51-42-19-9-11-21-44(42)52(45-22-12-10-20-43(45)51)50-32-38(35-13-3-1-4-14-35)31-49(56-50)37-15-5-2-6-16-37/h1-32H. The lowest BCUT2D eigenvalue weighted by Gasteiger charge is -2.21. The van der Waals surface area contributed by atoms with E-state index in [-0.39, 0.29) is 0 Å². The van der Waals surface area contributed by atoms with Crippen LogP contribution in [0.25, 0.3) is 110 Å². The number of benzene rings is 9. The maximum absolute atomic E-state index is 9.64. The summed E-state index contributed by atoms with van der Waals surface area (Å²) in [6, 6.07) is 71.5. The van der Waals surface area contributed by atoms with Gasteiger partial charge in [-0.15, -0.1) is 0 Å². The van der Waals surface area contributed by atoms with E-state index in [1.165, 1.54) is 54.9 Å². The molecule has 1 heterocycles. The summed E-state index contributed by atoms with van der Waals surface area (Å²) in [7, 11) is 0. The first-order valence-corrected chi connectivity index (χ1v) is 19.0. The highest BCUT2D eigenvalue weighted by Gasteiger charge is 2.27. The number of pyridine rings is 1. The van der Waals surface area contributed by atoms with Crippen molar-refractivity contribution in [2.24, 2.45) is 0 Å². The van der Waals surface area contributed by atoms with Crippen molar-refractivity contribution in [1.82, 2.24) is 4.98 Å². The molecule has 0 bridgehead atoms. The zero-order valence-electron chi connectivity index (χ0n) is 30.4. The summed E-state index contributed by atoms with van der Waals surface area (Å²) in [5, 5.41) is 16.8. The fourth-order valence-electron chi connectivity index (χ4n) is 8.98. The van der Waals surface area contributed by atoms with Crippen molar-refractivity contribution in [2.45, 2.75) is 0 Å². The highest BCUT2D eigenvalue weighted by Crippen LogP contribution is 2.54. The van der Waals surface area contributed by atoms with E-state index in [1.807, 2.05) is 12.1 Å². The molecule has 11 rings (SSSR count). The number of fused-ring (bicyclic) bond motifs is 5. The third kappa shape index (κ3) is 4.92. The van der Waals surface area contributed by atoms with Crippen LogP contribution in [0.15, 0.2) is 194 Å². The van der Waals surface area contributed by atoms with Crippen LogP contribution in [-0.2, 0) is 0 Å². The van der Waals surface area contributed by atoms with Gasteiger partial charge in [0.05, 0.1) is 23.0 Å². The van der Waals surface area contributed by atoms with Gasteiger partial charge in [-0.05, 0) is 112 Å². The van der Waals surface area contributed by atoms with E-state index in [0.29, 0.717) is 5.56 Å². The Bertz CT molecular complexity index is 3080. The monoisotopic (exact) mass is 708 g/mol. The summed E-state index contributed by atoms with van der Waals surface area (Å²) in [5.41, 5.74) is 16.7. The molecule has 0 unspecified atom stereocenters. The molecule has 0 amide bonds. The maximum Gasteiger partial charge on any atom is 0.0991 e. The van der Waals surface area contributed by atoms with Crippen molar-refractivity contribution < 1.29 is 0 Å². The van der Waals surface area contributed by atoms with E-state index >= 15 is 0 Å². The second-order valence-corrected chi connectivity index (χ2v) is 14.5. The molecule has 56 heavy (non-hydrogen) atoms. The summed E-state index contributed by atoms with van der Waals surface area (Å²) >= 11 is 0. The zero-order chi connectivity index (χ0) is 37.2. The molecule has 0 saturated carbocycles. The Morgan fingerprint density at radius 2 is 0.786 bits per heavy atom. The molecule has 1 aromatic heterocycles. The summed E-state index contributed by atoms with van der Waals surface area (Å²) in [6.07, 6.45) is 0. The van der Waals surface area contributed by atoms with Crippen LogP contribution < -0.4 is 0 Å². The van der Waals surface area contributed by atoms with E-state index in [2.05, 4.69) is 188 Å². The van der Waals surface area contributed by atoms with Crippen molar-refractivity contribution in [2.75, 3.05) is 0 Å².